The van der Waals surface area contributed by atoms with Crippen LogP contribution < -0.4 is 10.2 Å². The third-order valence-electron chi connectivity index (χ3n) is 8.79. The fraction of sp³-hybridized carbons (Fsp3) is 0.643. The molecular formula is C28H38BClF3N4O2. The highest BCUT2D eigenvalue weighted by Crippen LogP contribution is 2.54. The number of piperidine rings is 1. The Balaban J connectivity index is 1.26. The van der Waals surface area contributed by atoms with Crippen LogP contribution in [-0.4, -0.2) is 70.1 Å². The molecule has 0 bridgehead atoms. The van der Waals surface area contributed by atoms with Crippen LogP contribution in [0.15, 0.2) is 36.0 Å². The van der Waals surface area contributed by atoms with Crippen molar-refractivity contribution in [2.75, 3.05) is 45.7 Å². The zero-order valence-corrected chi connectivity index (χ0v) is 23.9. The van der Waals surface area contributed by atoms with E-state index in [1.54, 1.807) is 6.08 Å². The van der Waals surface area contributed by atoms with Crippen molar-refractivity contribution >= 4 is 30.6 Å². The van der Waals surface area contributed by atoms with Gasteiger partial charge < -0.3 is 19.9 Å². The van der Waals surface area contributed by atoms with Crippen LogP contribution in [0.25, 0.3) is 0 Å². The molecule has 1 aliphatic carbocycles. The summed E-state index contributed by atoms with van der Waals surface area (Å²) >= 11 is 6.44. The number of hydrogen-bond acceptors (Lipinski definition) is 5. The van der Waals surface area contributed by atoms with E-state index in [0.29, 0.717) is 29.8 Å². The minimum Gasteiger partial charge on any atom is -0.497 e. The molecule has 1 spiro atoms. The second kappa shape index (κ2) is 12.1. The topological polar surface area (TPSA) is 57.7 Å². The summed E-state index contributed by atoms with van der Waals surface area (Å²) in [5.74, 6) is -0.924. The maximum absolute atomic E-state index is 13.9. The first-order valence-electron chi connectivity index (χ1n) is 13.6. The number of amides is 1. The second-order valence-corrected chi connectivity index (χ2v) is 11.6. The number of pyridine rings is 1. The van der Waals surface area contributed by atoms with Gasteiger partial charge >= 0.3 is 6.18 Å². The number of aromatic nitrogens is 1. The predicted octanol–water partition coefficient (Wildman–Crippen LogP) is 5.59. The molecule has 2 unspecified atom stereocenters. The van der Waals surface area contributed by atoms with Gasteiger partial charge in [0.25, 0.3) is 0 Å². The summed E-state index contributed by atoms with van der Waals surface area (Å²) in [4.78, 5) is 21.1. The first kappa shape index (κ1) is 29.8. The number of carbonyl (C=O) groups is 1. The van der Waals surface area contributed by atoms with E-state index in [4.69, 9.17) is 16.3 Å². The summed E-state index contributed by atoms with van der Waals surface area (Å²) in [6, 6.07) is 4.20. The van der Waals surface area contributed by atoms with Crippen molar-refractivity contribution in [3.63, 3.8) is 0 Å². The van der Waals surface area contributed by atoms with Crippen LogP contribution in [0.3, 0.4) is 0 Å². The highest BCUT2D eigenvalue weighted by atomic mass is 35.5. The summed E-state index contributed by atoms with van der Waals surface area (Å²) < 4.78 is 46.9. The third kappa shape index (κ3) is 6.76. The molecule has 2 fully saturated rings. The molecule has 213 valence electrons. The molecule has 1 radical (unpaired) electrons. The van der Waals surface area contributed by atoms with Crippen LogP contribution in [0.4, 0.5) is 19.0 Å². The Kier molecular flexibility index (Phi) is 9.26. The highest BCUT2D eigenvalue weighted by molar-refractivity contribution is 6.46. The van der Waals surface area contributed by atoms with E-state index in [9.17, 15) is 18.0 Å². The lowest BCUT2D eigenvalue weighted by atomic mass is 9.56. The van der Waals surface area contributed by atoms with Gasteiger partial charge in [-0.05, 0) is 81.4 Å². The lowest BCUT2D eigenvalue weighted by Crippen LogP contribution is -2.48. The summed E-state index contributed by atoms with van der Waals surface area (Å²) in [6.07, 6.45) is 3.25. The normalized spacial score (nSPS) is 22.5. The van der Waals surface area contributed by atoms with Gasteiger partial charge in [-0.25, -0.2) is 4.98 Å². The number of hydrogen-bond donors (Lipinski definition) is 1. The first-order valence-corrected chi connectivity index (χ1v) is 14.0. The Bertz CT molecular complexity index is 1080. The zero-order chi connectivity index (χ0) is 28.4. The number of halogens is 4. The Morgan fingerprint density at radius 3 is 2.62 bits per heavy atom. The smallest absolute Gasteiger partial charge is 0.400 e. The molecule has 1 saturated carbocycles. The number of nitrogens with zero attached hydrogens (tertiary/aromatic N) is 3. The molecule has 0 aromatic carbocycles. The molecule has 4 rings (SSSR count). The molecule has 3 aliphatic rings. The van der Waals surface area contributed by atoms with Crippen molar-refractivity contribution < 1.29 is 22.7 Å². The maximum Gasteiger partial charge on any atom is 0.400 e. The fourth-order valence-corrected chi connectivity index (χ4v) is 6.56. The molecular weight excluding hydrogens is 528 g/mol. The predicted molar refractivity (Wildman–Crippen MR) is 149 cm³/mol. The van der Waals surface area contributed by atoms with Gasteiger partial charge in [-0.2, -0.15) is 13.2 Å². The van der Waals surface area contributed by atoms with E-state index >= 15 is 0 Å². The molecule has 1 saturated heterocycles. The zero-order valence-electron chi connectivity index (χ0n) is 23.1. The summed E-state index contributed by atoms with van der Waals surface area (Å²) in [5.41, 5.74) is 1.26. The van der Waals surface area contributed by atoms with Crippen LogP contribution in [0.5, 0.6) is 0 Å². The second-order valence-electron chi connectivity index (χ2n) is 11.3. The number of ether oxygens (including phenoxy) is 1. The van der Waals surface area contributed by atoms with Gasteiger partial charge in [-0.3, -0.25) is 4.79 Å². The van der Waals surface area contributed by atoms with Gasteiger partial charge in [0, 0.05) is 38.3 Å². The van der Waals surface area contributed by atoms with Crippen molar-refractivity contribution in [3.8, 4) is 0 Å². The molecule has 1 N–H and O–H groups in total. The number of nitrogens with one attached hydrogen (secondary N) is 1. The van der Waals surface area contributed by atoms with Crippen molar-refractivity contribution in [2.24, 2.45) is 17.3 Å². The third-order valence-corrected chi connectivity index (χ3v) is 9.10. The summed E-state index contributed by atoms with van der Waals surface area (Å²) in [5, 5.41) is 3.71. The van der Waals surface area contributed by atoms with Crippen LogP contribution in [0.2, 0.25) is 11.0 Å². The Hall–Kier alpha value is -2.20. The van der Waals surface area contributed by atoms with Gasteiger partial charge in [-0.15, -0.1) is 5.98 Å². The van der Waals surface area contributed by atoms with E-state index < -0.39 is 23.8 Å². The average Bonchev–Trinajstić information content (AvgIpc) is 2.89. The quantitative estimate of drug-likeness (QED) is 0.313. The average molecular weight is 566 g/mol. The molecule has 6 nitrogen and oxygen atoms in total. The minimum absolute atomic E-state index is 0.132. The van der Waals surface area contributed by atoms with Gasteiger partial charge in [0.1, 0.15) is 22.6 Å². The van der Waals surface area contributed by atoms with E-state index in [2.05, 4.69) is 15.2 Å². The van der Waals surface area contributed by atoms with Crippen molar-refractivity contribution in [3.05, 3.63) is 46.7 Å². The van der Waals surface area contributed by atoms with Gasteiger partial charge in [0.15, 0.2) is 7.28 Å². The Morgan fingerprint density at radius 2 is 2.03 bits per heavy atom. The molecule has 1 aromatic heterocycles. The van der Waals surface area contributed by atoms with E-state index in [-0.39, 0.29) is 11.5 Å². The number of carbonyl (C=O) groups excluding carboxylic acids is 1. The highest BCUT2D eigenvalue weighted by Gasteiger charge is 2.50. The molecule has 2 aliphatic heterocycles. The van der Waals surface area contributed by atoms with Gasteiger partial charge in [0.2, 0.25) is 5.91 Å². The Labute approximate surface area is 235 Å². The molecule has 1 amide bonds. The van der Waals surface area contributed by atoms with Crippen LogP contribution in [0, 0.1) is 17.3 Å². The van der Waals surface area contributed by atoms with E-state index in [1.807, 2.05) is 26.1 Å². The minimum atomic E-state index is -4.65. The van der Waals surface area contributed by atoms with Crippen LogP contribution >= 0.6 is 11.6 Å². The maximum atomic E-state index is 13.9. The number of methoxy groups -OCH3 is 1. The largest absolute Gasteiger partial charge is 0.497 e. The SMILES string of the molecule is CNC(C)c1ccc(N2CCC3(CC2)CC(CCN(C)C(=O)[C@H](C2[B]C=CC(OC)=C2)C(F)(F)F)C3)nc1Cl. The summed E-state index contributed by atoms with van der Waals surface area (Å²) in [6.45, 7) is 4.18. The Morgan fingerprint density at radius 1 is 1.33 bits per heavy atom. The fourth-order valence-electron chi connectivity index (χ4n) is 6.25. The van der Waals surface area contributed by atoms with Gasteiger partial charge in [0.05, 0.1) is 7.11 Å². The summed E-state index contributed by atoms with van der Waals surface area (Å²) in [7, 11) is 6.19. The van der Waals surface area contributed by atoms with Crippen molar-refractivity contribution in [1.29, 1.82) is 0 Å². The molecule has 3 atom stereocenters. The number of allylic oxidation sites excluding steroid dienone is 2. The van der Waals surface area contributed by atoms with Gasteiger partial charge in [-0.1, -0.05) is 17.7 Å². The van der Waals surface area contributed by atoms with Crippen LogP contribution in [-0.2, 0) is 9.53 Å². The van der Waals surface area contributed by atoms with Crippen molar-refractivity contribution in [1.82, 2.24) is 15.2 Å². The van der Waals surface area contributed by atoms with Crippen LogP contribution in [0.1, 0.15) is 50.6 Å². The number of alkyl halides is 3. The molecule has 3 heterocycles. The van der Waals surface area contributed by atoms with E-state index in [0.717, 1.165) is 50.2 Å². The van der Waals surface area contributed by atoms with E-state index in [1.165, 1.54) is 38.4 Å². The number of anilines is 1. The standard InChI is InChI=1S/C28H38BClF3N4O2/c1-18(34-2)21-5-6-23(35-25(21)30)37-13-9-27(10-14-37)16-19(17-27)8-12-36(3)26(38)24(28(31,32)33)22-15-20(39-4)7-11-29-22/h5-7,11,15,18-19,22,24,34H,8-10,12-14,16-17H2,1-4H3/t18?,22?,24-/m0/s1. The molecule has 1 aromatic rings. The lowest BCUT2D eigenvalue weighted by molar-refractivity contribution is -0.187. The lowest BCUT2D eigenvalue weighted by Gasteiger charge is -2.53. The molecule has 39 heavy (non-hydrogen) atoms. The molecule has 11 heteroatoms. The monoisotopic (exact) mass is 565 g/mol. The van der Waals surface area contributed by atoms with Crippen molar-refractivity contribution in [2.45, 2.75) is 57.1 Å². The first-order chi connectivity index (χ1) is 18.5. The number of rotatable bonds is 9.